The molecule has 0 saturated heterocycles. The van der Waals surface area contributed by atoms with Gasteiger partial charge < -0.3 is 0 Å². The lowest BCUT2D eigenvalue weighted by atomic mass is 9.47. The van der Waals surface area contributed by atoms with E-state index in [1.54, 1.807) is 0 Å². The van der Waals surface area contributed by atoms with Gasteiger partial charge in [-0.3, -0.25) is 4.79 Å². The fraction of sp³-hybridized carbons (Fsp3) is 0.850. The average Bonchev–Trinajstić information content (AvgIpc) is 2.82. The van der Waals surface area contributed by atoms with Crippen molar-refractivity contribution in [1.29, 1.82) is 0 Å². The van der Waals surface area contributed by atoms with Crippen molar-refractivity contribution in [3.05, 3.63) is 11.1 Å². The molecular weight excluding hydrogens is 275 g/mol. The van der Waals surface area contributed by atoms with Crippen LogP contribution in [0.1, 0.15) is 71.6 Å². The van der Waals surface area contributed by atoms with E-state index < -0.39 is 0 Å². The minimum absolute atomic E-state index is 0.0921. The van der Waals surface area contributed by atoms with Crippen LogP contribution in [-0.4, -0.2) is 12.5 Å². The van der Waals surface area contributed by atoms with E-state index in [0.29, 0.717) is 23.5 Å². The van der Waals surface area contributed by atoms with Gasteiger partial charge in [0.1, 0.15) is 12.5 Å². The predicted octanol–water partition coefficient (Wildman–Crippen LogP) is 5.25. The Hall–Kier alpha value is -0.660. The van der Waals surface area contributed by atoms with Gasteiger partial charge in [0.05, 0.1) is 0 Å². The van der Waals surface area contributed by atoms with E-state index in [1.165, 1.54) is 31.3 Å². The minimum Gasteiger partial charge on any atom is -0.299 e. The van der Waals surface area contributed by atoms with Crippen molar-refractivity contribution in [2.45, 2.75) is 71.6 Å². The second-order valence-corrected chi connectivity index (χ2v) is 8.84. The zero-order valence-electron chi connectivity index (χ0n) is 14.1. The third-order valence-electron chi connectivity index (χ3n) is 8.10. The lowest BCUT2D eigenvalue weighted by Gasteiger charge is -2.57. The molecular formula is C20H29FO. The van der Waals surface area contributed by atoms with Crippen molar-refractivity contribution < 1.29 is 9.18 Å². The van der Waals surface area contributed by atoms with Crippen LogP contribution < -0.4 is 0 Å². The largest absolute Gasteiger partial charge is 0.299 e. The molecule has 0 radical (unpaired) electrons. The molecule has 0 spiro atoms. The van der Waals surface area contributed by atoms with E-state index in [2.05, 4.69) is 13.8 Å². The molecule has 0 N–H and O–H groups in total. The standard InChI is InChI=1S/C20H29FO/c1-19-9-4-3-5-15(19)13(12-21)11-14-16-6-7-18(22)20(16,2)10-8-17(14)19/h14,16-17H,3-12H2,1-2H3/t14-,16-,17-,19-,20-/m0/s1. The maximum Gasteiger partial charge on any atom is 0.139 e. The van der Waals surface area contributed by atoms with Crippen LogP contribution in [0.15, 0.2) is 11.1 Å². The average molecular weight is 304 g/mol. The highest BCUT2D eigenvalue weighted by atomic mass is 19.1. The Balaban J connectivity index is 1.76. The predicted molar refractivity (Wildman–Crippen MR) is 86.2 cm³/mol. The Morgan fingerprint density at radius 2 is 1.82 bits per heavy atom. The number of allylic oxidation sites excluding steroid dienone is 2. The number of ketones is 1. The van der Waals surface area contributed by atoms with Crippen molar-refractivity contribution in [1.82, 2.24) is 0 Å². The van der Waals surface area contributed by atoms with Crippen molar-refractivity contribution in [3.63, 3.8) is 0 Å². The topological polar surface area (TPSA) is 17.1 Å². The van der Waals surface area contributed by atoms with Gasteiger partial charge in [-0.05, 0) is 73.7 Å². The maximum atomic E-state index is 13.8. The van der Waals surface area contributed by atoms with E-state index in [1.807, 2.05) is 0 Å². The number of alkyl halides is 1. The number of hydrogen-bond acceptors (Lipinski definition) is 1. The molecule has 22 heavy (non-hydrogen) atoms. The van der Waals surface area contributed by atoms with Crippen molar-refractivity contribution in [3.8, 4) is 0 Å². The monoisotopic (exact) mass is 304 g/mol. The number of Topliss-reactive ketones (excluding diaryl/α,β-unsaturated/α-hetero) is 1. The van der Waals surface area contributed by atoms with E-state index in [9.17, 15) is 9.18 Å². The molecule has 0 unspecified atom stereocenters. The maximum absolute atomic E-state index is 13.8. The highest BCUT2D eigenvalue weighted by Gasteiger charge is 2.59. The quantitative estimate of drug-likeness (QED) is 0.605. The van der Waals surface area contributed by atoms with Gasteiger partial charge in [0.2, 0.25) is 0 Å². The summed E-state index contributed by atoms with van der Waals surface area (Å²) in [4.78, 5) is 12.4. The van der Waals surface area contributed by atoms with Crippen LogP contribution in [0.4, 0.5) is 4.39 Å². The molecule has 5 atom stereocenters. The molecule has 3 saturated carbocycles. The molecule has 1 nitrogen and oxygen atoms in total. The summed E-state index contributed by atoms with van der Waals surface area (Å²) >= 11 is 0. The first kappa shape index (κ1) is 14.9. The highest BCUT2D eigenvalue weighted by molar-refractivity contribution is 5.87. The number of carbonyl (C=O) groups is 1. The first-order valence-electron chi connectivity index (χ1n) is 9.31. The fourth-order valence-corrected chi connectivity index (χ4v) is 6.90. The molecule has 0 aliphatic heterocycles. The number of rotatable bonds is 1. The van der Waals surface area contributed by atoms with Crippen LogP contribution >= 0.6 is 0 Å². The van der Waals surface area contributed by atoms with Crippen molar-refractivity contribution in [2.75, 3.05) is 6.67 Å². The SMILES string of the molecule is C[C@]12CCCCC1=C(CF)C[C@@H]1[C@@H]2CC[C@]2(C)C(=O)CC[C@@H]12. The molecule has 0 bridgehead atoms. The van der Waals surface area contributed by atoms with E-state index in [4.69, 9.17) is 0 Å². The molecule has 4 rings (SSSR count). The summed E-state index contributed by atoms with van der Waals surface area (Å²) in [6.45, 7) is 4.37. The van der Waals surface area contributed by atoms with Crippen molar-refractivity contribution >= 4 is 5.78 Å². The summed E-state index contributed by atoms with van der Waals surface area (Å²) in [6.07, 6.45) is 9.93. The van der Waals surface area contributed by atoms with Gasteiger partial charge in [-0.15, -0.1) is 0 Å². The molecule has 122 valence electrons. The Morgan fingerprint density at radius 1 is 1.05 bits per heavy atom. The summed E-state index contributed by atoms with van der Waals surface area (Å²) in [6, 6.07) is 0. The Bertz CT molecular complexity index is 536. The highest BCUT2D eigenvalue weighted by Crippen LogP contribution is 2.65. The summed E-state index contributed by atoms with van der Waals surface area (Å²) in [7, 11) is 0. The molecule has 2 heteroatoms. The summed E-state index contributed by atoms with van der Waals surface area (Å²) in [5.41, 5.74) is 2.74. The zero-order chi connectivity index (χ0) is 15.5. The van der Waals surface area contributed by atoms with E-state index in [-0.39, 0.29) is 17.5 Å². The van der Waals surface area contributed by atoms with Gasteiger partial charge in [-0.1, -0.05) is 25.8 Å². The smallest absolute Gasteiger partial charge is 0.139 e. The molecule has 0 amide bonds. The lowest BCUT2D eigenvalue weighted by Crippen LogP contribution is -2.50. The molecule has 4 aliphatic carbocycles. The third kappa shape index (κ3) is 1.79. The van der Waals surface area contributed by atoms with E-state index in [0.717, 1.165) is 37.7 Å². The molecule has 3 fully saturated rings. The van der Waals surface area contributed by atoms with Gasteiger partial charge in [0, 0.05) is 11.8 Å². The van der Waals surface area contributed by atoms with Crippen LogP contribution in [0.5, 0.6) is 0 Å². The molecule has 4 aliphatic rings. The lowest BCUT2D eigenvalue weighted by molar-refractivity contribution is -0.131. The van der Waals surface area contributed by atoms with Gasteiger partial charge >= 0.3 is 0 Å². The fourth-order valence-electron chi connectivity index (χ4n) is 6.90. The normalized spacial score (nSPS) is 48.0. The van der Waals surface area contributed by atoms with Gasteiger partial charge in [-0.25, -0.2) is 4.39 Å². The van der Waals surface area contributed by atoms with Gasteiger partial charge in [0.25, 0.3) is 0 Å². The minimum atomic E-state index is -0.258. The summed E-state index contributed by atoms with van der Waals surface area (Å²) in [5, 5.41) is 0. The van der Waals surface area contributed by atoms with Gasteiger partial charge in [0.15, 0.2) is 0 Å². The second kappa shape index (κ2) is 4.92. The number of fused-ring (bicyclic) bond motifs is 5. The molecule has 0 aromatic heterocycles. The number of hydrogen-bond donors (Lipinski definition) is 0. The van der Waals surface area contributed by atoms with Crippen LogP contribution in [0, 0.1) is 28.6 Å². The van der Waals surface area contributed by atoms with Crippen LogP contribution in [0.25, 0.3) is 0 Å². The van der Waals surface area contributed by atoms with E-state index >= 15 is 0 Å². The Labute approximate surface area is 133 Å². The first-order chi connectivity index (χ1) is 10.5. The Kier molecular flexibility index (Phi) is 3.33. The first-order valence-corrected chi connectivity index (χ1v) is 9.31. The number of carbonyl (C=O) groups excluding carboxylic acids is 1. The zero-order valence-corrected chi connectivity index (χ0v) is 14.1. The second-order valence-electron chi connectivity index (χ2n) is 8.84. The van der Waals surface area contributed by atoms with Gasteiger partial charge in [-0.2, -0.15) is 0 Å². The third-order valence-corrected chi connectivity index (χ3v) is 8.10. The van der Waals surface area contributed by atoms with Crippen molar-refractivity contribution in [2.24, 2.45) is 28.6 Å². The number of halogens is 1. The molecule has 0 aromatic rings. The van der Waals surface area contributed by atoms with Crippen LogP contribution in [-0.2, 0) is 4.79 Å². The molecule has 0 heterocycles. The Morgan fingerprint density at radius 3 is 2.59 bits per heavy atom. The van der Waals surface area contributed by atoms with Crippen LogP contribution in [0.2, 0.25) is 0 Å². The molecule has 0 aromatic carbocycles. The summed E-state index contributed by atoms with van der Waals surface area (Å²) in [5.74, 6) is 2.26. The van der Waals surface area contributed by atoms with Crippen LogP contribution in [0.3, 0.4) is 0 Å². The summed E-state index contributed by atoms with van der Waals surface area (Å²) < 4.78 is 13.8.